The molecule has 2 rings (SSSR count). The van der Waals surface area contributed by atoms with Gasteiger partial charge >= 0.3 is 0 Å². The quantitative estimate of drug-likeness (QED) is 0.837. The third-order valence-electron chi connectivity index (χ3n) is 2.87. The molecule has 1 aromatic heterocycles. The molecule has 0 spiro atoms. The fourth-order valence-corrected chi connectivity index (χ4v) is 2.11. The van der Waals surface area contributed by atoms with Crippen molar-refractivity contribution in [2.75, 3.05) is 31.2 Å². The fraction of sp³-hybridized carbons (Fsp3) is 0.667. The van der Waals surface area contributed by atoms with Crippen molar-refractivity contribution in [2.45, 2.75) is 26.4 Å². The highest BCUT2D eigenvalue weighted by Crippen LogP contribution is 2.17. The molecular formula is C12H19N3O2. The number of aliphatic hydroxyl groups is 1. The number of aliphatic hydroxyl groups excluding tert-OH is 1. The number of morpholine rings is 1. The van der Waals surface area contributed by atoms with Gasteiger partial charge < -0.3 is 14.7 Å². The molecule has 1 atom stereocenters. The molecule has 1 aliphatic rings. The third-order valence-corrected chi connectivity index (χ3v) is 2.87. The van der Waals surface area contributed by atoms with E-state index in [9.17, 15) is 0 Å². The number of hydrogen-bond acceptors (Lipinski definition) is 5. The number of nitrogens with zero attached hydrogens (tertiary/aromatic N) is 3. The van der Waals surface area contributed by atoms with Crippen LogP contribution in [0.25, 0.3) is 0 Å². The van der Waals surface area contributed by atoms with Crippen LogP contribution in [-0.4, -0.2) is 47.5 Å². The third kappa shape index (κ3) is 3.14. The van der Waals surface area contributed by atoms with Crippen molar-refractivity contribution in [1.82, 2.24) is 9.97 Å². The molecule has 0 saturated carbocycles. The summed E-state index contributed by atoms with van der Waals surface area (Å²) in [7, 11) is 0. The predicted octanol–water partition coefficient (Wildman–Crippen LogP) is 0.681. The fourth-order valence-electron chi connectivity index (χ4n) is 2.11. The van der Waals surface area contributed by atoms with Crippen LogP contribution in [0.3, 0.4) is 0 Å². The summed E-state index contributed by atoms with van der Waals surface area (Å²) in [6.45, 7) is 6.37. The molecule has 5 nitrogen and oxygen atoms in total. The predicted molar refractivity (Wildman–Crippen MR) is 65.2 cm³/mol. The maximum Gasteiger partial charge on any atom is 0.132 e. The number of rotatable bonds is 3. The Kier molecular flexibility index (Phi) is 3.91. The molecular weight excluding hydrogens is 218 g/mol. The average molecular weight is 237 g/mol. The molecule has 2 heterocycles. The molecule has 0 amide bonds. The Balaban J connectivity index is 2.10. The average Bonchev–Trinajstić information content (AvgIpc) is 2.28. The monoisotopic (exact) mass is 237 g/mol. The second kappa shape index (κ2) is 5.42. The molecule has 0 radical (unpaired) electrons. The first-order valence-electron chi connectivity index (χ1n) is 5.98. The van der Waals surface area contributed by atoms with Crippen LogP contribution >= 0.6 is 0 Å². The standard InChI is InChI=1S/C12H19N3O2/c1-9-7-12(14-10(2)13-9)15-4-6-17-11(8-15)3-5-16/h7,11,16H,3-6,8H2,1-2H3. The first-order valence-corrected chi connectivity index (χ1v) is 5.98. The van der Waals surface area contributed by atoms with E-state index in [4.69, 9.17) is 9.84 Å². The van der Waals surface area contributed by atoms with Crippen LogP contribution < -0.4 is 4.90 Å². The van der Waals surface area contributed by atoms with E-state index >= 15 is 0 Å². The number of aryl methyl sites for hydroxylation is 2. The van der Waals surface area contributed by atoms with Crippen molar-refractivity contribution in [3.05, 3.63) is 17.6 Å². The Morgan fingerprint density at radius 1 is 1.47 bits per heavy atom. The maximum atomic E-state index is 8.94. The van der Waals surface area contributed by atoms with Crippen LogP contribution in [0.2, 0.25) is 0 Å². The number of ether oxygens (including phenoxy) is 1. The zero-order valence-corrected chi connectivity index (χ0v) is 10.4. The first-order chi connectivity index (χ1) is 8.19. The summed E-state index contributed by atoms with van der Waals surface area (Å²) in [5.41, 5.74) is 0.984. The van der Waals surface area contributed by atoms with Gasteiger partial charge in [-0.05, 0) is 20.3 Å². The maximum absolute atomic E-state index is 8.94. The molecule has 94 valence electrons. The summed E-state index contributed by atoms with van der Waals surface area (Å²) in [6.07, 6.45) is 0.781. The largest absolute Gasteiger partial charge is 0.396 e. The SMILES string of the molecule is Cc1cc(N2CCOC(CCO)C2)nc(C)n1. The molecule has 0 aromatic carbocycles. The number of anilines is 1. The van der Waals surface area contributed by atoms with Crippen molar-refractivity contribution >= 4 is 5.82 Å². The topological polar surface area (TPSA) is 58.5 Å². The highest BCUT2D eigenvalue weighted by Gasteiger charge is 2.21. The van der Waals surface area contributed by atoms with Crippen LogP contribution in [-0.2, 0) is 4.74 Å². The van der Waals surface area contributed by atoms with E-state index in [2.05, 4.69) is 14.9 Å². The molecule has 0 bridgehead atoms. The minimum absolute atomic E-state index is 0.101. The lowest BCUT2D eigenvalue weighted by atomic mass is 10.2. The Labute approximate surface area is 101 Å². The second-order valence-electron chi connectivity index (χ2n) is 4.37. The molecule has 5 heteroatoms. The molecule has 1 saturated heterocycles. The minimum Gasteiger partial charge on any atom is -0.396 e. The van der Waals surface area contributed by atoms with Gasteiger partial charge in [-0.2, -0.15) is 0 Å². The van der Waals surface area contributed by atoms with E-state index in [0.29, 0.717) is 13.0 Å². The van der Waals surface area contributed by atoms with Gasteiger partial charge in [0.2, 0.25) is 0 Å². The van der Waals surface area contributed by atoms with Crippen molar-refractivity contribution in [1.29, 1.82) is 0 Å². The second-order valence-corrected chi connectivity index (χ2v) is 4.37. The molecule has 1 unspecified atom stereocenters. The zero-order chi connectivity index (χ0) is 12.3. The molecule has 1 aliphatic heterocycles. The highest BCUT2D eigenvalue weighted by molar-refractivity contribution is 5.40. The lowest BCUT2D eigenvalue weighted by molar-refractivity contribution is 0.0244. The molecule has 17 heavy (non-hydrogen) atoms. The zero-order valence-electron chi connectivity index (χ0n) is 10.4. The van der Waals surface area contributed by atoms with Crippen molar-refractivity contribution in [3.8, 4) is 0 Å². The Morgan fingerprint density at radius 2 is 2.29 bits per heavy atom. The van der Waals surface area contributed by atoms with Crippen molar-refractivity contribution in [2.24, 2.45) is 0 Å². The molecule has 0 aliphatic carbocycles. The summed E-state index contributed by atoms with van der Waals surface area (Å²) in [5, 5.41) is 8.94. The lowest BCUT2D eigenvalue weighted by Gasteiger charge is -2.33. The van der Waals surface area contributed by atoms with Gasteiger partial charge in [-0.1, -0.05) is 0 Å². The summed E-state index contributed by atoms with van der Waals surface area (Å²) in [6, 6.07) is 1.99. The smallest absolute Gasteiger partial charge is 0.132 e. The van der Waals surface area contributed by atoms with Gasteiger partial charge in [-0.3, -0.25) is 0 Å². The Morgan fingerprint density at radius 3 is 3.00 bits per heavy atom. The molecule has 1 aromatic rings. The van der Waals surface area contributed by atoms with E-state index in [1.54, 1.807) is 0 Å². The summed E-state index contributed by atoms with van der Waals surface area (Å²) in [4.78, 5) is 10.9. The lowest BCUT2D eigenvalue weighted by Crippen LogP contribution is -2.43. The van der Waals surface area contributed by atoms with Crippen LogP contribution in [0.1, 0.15) is 17.9 Å². The van der Waals surface area contributed by atoms with Crippen LogP contribution in [0.5, 0.6) is 0 Å². The van der Waals surface area contributed by atoms with E-state index < -0.39 is 0 Å². The molecule has 1 N–H and O–H groups in total. The van der Waals surface area contributed by atoms with Gasteiger partial charge in [-0.25, -0.2) is 9.97 Å². The van der Waals surface area contributed by atoms with Gasteiger partial charge in [0.05, 0.1) is 12.7 Å². The Hall–Kier alpha value is -1.20. The van der Waals surface area contributed by atoms with Crippen LogP contribution in [0, 0.1) is 13.8 Å². The van der Waals surface area contributed by atoms with Gasteiger partial charge in [0.25, 0.3) is 0 Å². The molecule has 1 fully saturated rings. The van der Waals surface area contributed by atoms with Crippen LogP contribution in [0.4, 0.5) is 5.82 Å². The van der Waals surface area contributed by atoms with E-state index in [0.717, 1.165) is 30.4 Å². The van der Waals surface area contributed by atoms with Crippen LogP contribution in [0.15, 0.2) is 6.07 Å². The summed E-state index contributed by atoms with van der Waals surface area (Å²) >= 11 is 0. The highest BCUT2D eigenvalue weighted by atomic mass is 16.5. The van der Waals surface area contributed by atoms with E-state index in [1.807, 2.05) is 19.9 Å². The number of aromatic nitrogens is 2. The van der Waals surface area contributed by atoms with Gasteiger partial charge in [-0.15, -0.1) is 0 Å². The summed E-state index contributed by atoms with van der Waals surface area (Å²) in [5.74, 6) is 1.76. The summed E-state index contributed by atoms with van der Waals surface area (Å²) < 4.78 is 5.59. The van der Waals surface area contributed by atoms with Crippen molar-refractivity contribution in [3.63, 3.8) is 0 Å². The first kappa shape index (κ1) is 12.3. The van der Waals surface area contributed by atoms with E-state index in [-0.39, 0.29) is 12.7 Å². The Bertz CT molecular complexity index is 362. The van der Waals surface area contributed by atoms with Crippen molar-refractivity contribution < 1.29 is 9.84 Å². The van der Waals surface area contributed by atoms with Gasteiger partial charge in [0, 0.05) is 31.5 Å². The number of hydrogen-bond donors (Lipinski definition) is 1. The van der Waals surface area contributed by atoms with Gasteiger partial charge in [0.15, 0.2) is 0 Å². The minimum atomic E-state index is 0.101. The van der Waals surface area contributed by atoms with E-state index in [1.165, 1.54) is 0 Å². The normalized spacial score (nSPS) is 20.6. The van der Waals surface area contributed by atoms with Gasteiger partial charge in [0.1, 0.15) is 11.6 Å².